The summed E-state index contributed by atoms with van der Waals surface area (Å²) in [6.45, 7) is 1.91. The minimum Gasteiger partial charge on any atom is -0.297 e. The Balaban J connectivity index is 1.57. The molecule has 1 saturated heterocycles. The Bertz CT molecular complexity index is 1860. The molecular weight excluding hydrogens is 542 g/mol. The number of fused-ring (bicyclic) bond motifs is 5. The summed E-state index contributed by atoms with van der Waals surface area (Å²) < 4.78 is 0. The highest BCUT2D eigenvalue weighted by atomic mass is 16.2. The van der Waals surface area contributed by atoms with Gasteiger partial charge in [0.05, 0.1) is 28.4 Å². The summed E-state index contributed by atoms with van der Waals surface area (Å²) >= 11 is 0. The van der Waals surface area contributed by atoms with Crippen LogP contribution in [0.25, 0.3) is 11.1 Å². The molecule has 1 heterocycles. The van der Waals surface area contributed by atoms with Crippen LogP contribution in [0.2, 0.25) is 0 Å². The minimum atomic E-state index is -1.39. The zero-order valence-corrected chi connectivity index (χ0v) is 24.2. The van der Waals surface area contributed by atoms with Crippen molar-refractivity contribution in [1.82, 2.24) is 0 Å². The van der Waals surface area contributed by atoms with Gasteiger partial charge < -0.3 is 0 Å². The van der Waals surface area contributed by atoms with Gasteiger partial charge in [-0.1, -0.05) is 140 Å². The zero-order valence-electron chi connectivity index (χ0n) is 24.2. The molecule has 0 radical (unpaired) electrons. The van der Waals surface area contributed by atoms with E-state index in [9.17, 15) is 9.59 Å². The van der Waals surface area contributed by atoms with Gasteiger partial charge in [-0.05, 0) is 52.0 Å². The van der Waals surface area contributed by atoms with Crippen molar-refractivity contribution in [2.24, 2.45) is 11.8 Å². The van der Waals surface area contributed by atoms with Gasteiger partial charge in [-0.2, -0.15) is 0 Å². The molecule has 2 amide bonds. The molecule has 3 aliphatic rings. The van der Waals surface area contributed by atoms with Gasteiger partial charge in [0.15, 0.2) is 5.78 Å². The number of hydrogen-bond acceptors (Lipinski definition) is 3. The Hall–Kier alpha value is -5.35. The maximum atomic E-state index is 15.8. The van der Waals surface area contributed by atoms with E-state index in [2.05, 4.69) is 0 Å². The van der Waals surface area contributed by atoms with E-state index in [1.54, 1.807) is 0 Å². The van der Waals surface area contributed by atoms with E-state index in [4.69, 9.17) is 0 Å². The molecule has 212 valence electrons. The average Bonchev–Trinajstić information content (AvgIpc) is 3.59. The lowest BCUT2D eigenvalue weighted by molar-refractivity contribution is -0.130. The summed E-state index contributed by atoms with van der Waals surface area (Å²) in [6, 6.07) is 46.6. The van der Waals surface area contributed by atoms with E-state index < -0.39 is 22.7 Å². The first kappa shape index (κ1) is 26.3. The van der Waals surface area contributed by atoms with Gasteiger partial charge in [-0.15, -0.1) is 0 Å². The van der Waals surface area contributed by atoms with Crippen LogP contribution in [0.3, 0.4) is 0 Å². The fourth-order valence-corrected chi connectivity index (χ4v) is 8.39. The van der Waals surface area contributed by atoms with Crippen molar-refractivity contribution >= 4 is 34.4 Å². The molecule has 4 unspecified atom stereocenters. The lowest BCUT2D eigenvalue weighted by Crippen LogP contribution is -2.45. The number of hydrogen-bond donors (Lipinski definition) is 0. The summed E-state index contributed by atoms with van der Waals surface area (Å²) in [5.74, 6) is -2.62. The third-order valence-electron chi connectivity index (χ3n) is 9.93. The van der Waals surface area contributed by atoms with Crippen LogP contribution in [0.5, 0.6) is 0 Å². The van der Waals surface area contributed by atoms with E-state index in [1.165, 1.54) is 4.90 Å². The molecule has 44 heavy (non-hydrogen) atoms. The van der Waals surface area contributed by atoms with Crippen molar-refractivity contribution < 1.29 is 14.4 Å². The predicted octanol–water partition coefficient (Wildman–Crippen LogP) is 7.18. The van der Waals surface area contributed by atoms with Crippen LogP contribution in [0.1, 0.15) is 27.8 Å². The number of amides is 2. The normalized spacial score (nSPS) is 25.6. The Morgan fingerprint density at radius 1 is 0.477 bits per heavy atom. The second-order valence-electron chi connectivity index (χ2n) is 11.9. The number of anilines is 1. The number of carbonyl (C=O) groups is 3. The van der Waals surface area contributed by atoms with Crippen molar-refractivity contribution in [1.29, 1.82) is 0 Å². The highest BCUT2D eigenvalue weighted by molar-refractivity contribution is 6.39. The van der Waals surface area contributed by atoms with Crippen LogP contribution >= 0.6 is 0 Å². The molecule has 2 fully saturated rings. The van der Waals surface area contributed by atoms with E-state index in [0.717, 1.165) is 39.0 Å². The molecule has 1 saturated carbocycles. The van der Waals surface area contributed by atoms with Crippen LogP contribution in [0, 0.1) is 18.8 Å². The first-order valence-electron chi connectivity index (χ1n) is 15.0. The van der Waals surface area contributed by atoms with E-state index in [0.29, 0.717) is 5.69 Å². The zero-order chi connectivity index (χ0) is 30.1. The Kier molecular flexibility index (Phi) is 5.73. The van der Waals surface area contributed by atoms with Gasteiger partial charge in [0.25, 0.3) is 0 Å². The molecule has 0 N–H and O–H groups in total. The highest BCUT2D eigenvalue weighted by Gasteiger charge is 2.82. The average molecular weight is 572 g/mol. The second kappa shape index (κ2) is 9.58. The van der Waals surface area contributed by atoms with Crippen molar-refractivity contribution in [2.45, 2.75) is 17.8 Å². The quantitative estimate of drug-likeness (QED) is 0.210. The monoisotopic (exact) mass is 571 g/mol. The van der Waals surface area contributed by atoms with E-state index in [-0.39, 0.29) is 17.6 Å². The second-order valence-corrected chi connectivity index (χ2v) is 11.9. The maximum absolute atomic E-state index is 15.8. The van der Waals surface area contributed by atoms with Crippen molar-refractivity contribution in [3.63, 3.8) is 0 Å². The van der Waals surface area contributed by atoms with E-state index in [1.807, 2.05) is 153 Å². The fraction of sp³-hybridized carbons (Fsp3) is 0.125. The summed E-state index contributed by atoms with van der Waals surface area (Å²) in [5.41, 5.74) is 3.43. The smallest absolute Gasteiger partial charge is 0.239 e. The number of ketones is 1. The number of benzene rings is 5. The number of allylic oxidation sites excluding steroid dienone is 2. The lowest BCUT2D eigenvalue weighted by Gasteiger charge is -2.39. The van der Waals surface area contributed by atoms with Crippen LogP contribution in [0.15, 0.2) is 146 Å². The highest BCUT2D eigenvalue weighted by Crippen LogP contribution is 2.74. The number of rotatable bonds is 5. The molecular formula is C40H29NO3. The Labute approximate surface area is 256 Å². The topological polar surface area (TPSA) is 54.5 Å². The van der Waals surface area contributed by atoms with Gasteiger partial charge in [0, 0.05) is 0 Å². The first-order valence-corrected chi connectivity index (χ1v) is 15.0. The molecule has 8 rings (SSSR count). The van der Waals surface area contributed by atoms with Gasteiger partial charge in [0.1, 0.15) is 0 Å². The van der Waals surface area contributed by atoms with Crippen LogP contribution < -0.4 is 4.90 Å². The molecule has 4 nitrogen and oxygen atoms in total. The van der Waals surface area contributed by atoms with Crippen molar-refractivity contribution in [3.05, 3.63) is 173 Å². The minimum absolute atomic E-state index is 0.110. The van der Waals surface area contributed by atoms with Gasteiger partial charge >= 0.3 is 0 Å². The summed E-state index contributed by atoms with van der Waals surface area (Å²) in [7, 11) is 0. The maximum Gasteiger partial charge on any atom is 0.239 e. The third-order valence-corrected chi connectivity index (χ3v) is 9.93. The molecule has 4 heteroatoms. The molecule has 2 aliphatic carbocycles. The SMILES string of the molecule is Cc1ccccc1N1C(=O)C2C(C1=O)C1(c3ccccc3)C(=O)C2(c2ccccc2)C(c2ccccc2)=C1c1ccccc1. The largest absolute Gasteiger partial charge is 0.297 e. The Morgan fingerprint density at radius 2 is 0.841 bits per heavy atom. The molecule has 5 aromatic carbocycles. The standard InChI is InChI=1S/C40H29NO3/c1-26-16-14-15-25-31(26)41-36(42)34-35(37(41)43)40(30-23-12-5-13-24-30)33(28-19-8-3-9-20-28)32(27-17-6-2-7-18-27)39(34,38(40)44)29-21-10-4-11-22-29/h2-25,34-35H,1H3. The van der Waals surface area contributed by atoms with E-state index >= 15 is 4.79 Å². The predicted molar refractivity (Wildman–Crippen MR) is 172 cm³/mol. The summed E-state index contributed by atoms with van der Waals surface area (Å²) in [5, 5.41) is 0. The molecule has 2 bridgehead atoms. The number of imide groups is 1. The summed E-state index contributed by atoms with van der Waals surface area (Å²) in [6.07, 6.45) is 0. The van der Waals surface area contributed by atoms with Crippen LogP contribution in [0.4, 0.5) is 5.69 Å². The molecule has 0 aromatic heterocycles. The third kappa shape index (κ3) is 3.15. The van der Waals surface area contributed by atoms with Crippen LogP contribution in [-0.2, 0) is 25.2 Å². The van der Waals surface area contributed by atoms with Gasteiger partial charge in [-0.3, -0.25) is 14.4 Å². The molecule has 1 aliphatic heterocycles. The van der Waals surface area contributed by atoms with Crippen molar-refractivity contribution in [3.8, 4) is 0 Å². The number of aryl methyl sites for hydroxylation is 1. The molecule has 0 spiro atoms. The lowest BCUT2D eigenvalue weighted by atomic mass is 9.59. The van der Waals surface area contributed by atoms with Crippen LogP contribution in [-0.4, -0.2) is 17.6 Å². The van der Waals surface area contributed by atoms with Gasteiger partial charge in [0.2, 0.25) is 11.8 Å². The number of carbonyl (C=O) groups excluding carboxylic acids is 3. The summed E-state index contributed by atoms with van der Waals surface area (Å²) in [4.78, 5) is 47.2. The number of para-hydroxylation sites is 1. The fourth-order valence-electron chi connectivity index (χ4n) is 8.39. The number of Topliss-reactive ketones (excluding diaryl/α,β-unsaturated/α-hetero) is 1. The molecule has 4 atom stereocenters. The number of nitrogens with zero attached hydrogens (tertiary/aromatic N) is 1. The van der Waals surface area contributed by atoms with Gasteiger partial charge in [-0.25, -0.2) is 4.90 Å². The first-order chi connectivity index (χ1) is 21.5. The molecule has 5 aromatic rings. The van der Waals surface area contributed by atoms with Crippen molar-refractivity contribution in [2.75, 3.05) is 4.90 Å². The Morgan fingerprint density at radius 3 is 1.25 bits per heavy atom.